The molecule has 0 saturated carbocycles. The second-order valence-electron chi connectivity index (χ2n) is 6.67. The lowest BCUT2D eigenvalue weighted by Crippen LogP contribution is -2.51. The van der Waals surface area contributed by atoms with Crippen LogP contribution in [0.25, 0.3) is 0 Å². The first-order valence-electron chi connectivity index (χ1n) is 8.95. The van der Waals surface area contributed by atoms with Crippen molar-refractivity contribution in [3.63, 3.8) is 0 Å². The van der Waals surface area contributed by atoms with Crippen LogP contribution in [-0.4, -0.2) is 65.1 Å². The molecule has 0 radical (unpaired) electrons. The van der Waals surface area contributed by atoms with Gasteiger partial charge >= 0.3 is 0 Å². The van der Waals surface area contributed by atoms with Gasteiger partial charge in [0.25, 0.3) is 5.91 Å². The summed E-state index contributed by atoms with van der Waals surface area (Å²) in [4.78, 5) is 16.8. The number of fused-ring (bicyclic) bond motifs is 1. The highest BCUT2D eigenvalue weighted by molar-refractivity contribution is 5.81. The first-order chi connectivity index (χ1) is 13.1. The molecule has 1 saturated heterocycles. The fourth-order valence-corrected chi connectivity index (χ4v) is 3.19. The van der Waals surface area contributed by atoms with E-state index in [0.717, 1.165) is 24.5 Å². The molecule has 9 heteroatoms. The molecule has 2 aromatic rings. The van der Waals surface area contributed by atoms with Gasteiger partial charge in [-0.1, -0.05) is 10.3 Å². The van der Waals surface area contributed by atoms with Gasteiger partial charge in [-0.25, -0.2) is 4.63 Å². The monoisotopic (exact) mass is 374 g/mol. The number of ether oxygens (including phenoxy) is 3. The van der Waals surface area contributed by atoms with Crippen LogP contribution in [0.5, 0.6) is 17.2 Å². The van der Waals surface area contributed by atoms with Crippen molar-refractivity contribution in [2.45, 2.75) is 26.5 Å². The van der Waals surface area contributed by atoms with Gasteiger partial charge in [-0.05, 0) is 26.0 Å². The zero-order valence-corrected chi connectivity index (χ0v) is 15.4. The molecule has 9 nitrogen and oxygen atoms in total. The topological polar surface area (TPSA) is 90.2 Å². The van der Waals surface area contributed by atoms with E-state index < -0.39 is 6.10 Å². The highest BCUT2D eigenvalue weighted by Crippen LogP contribution is 2.35. The molecular weight excluding hydrogens is 352 g/mol. The molecule has 1 aromatic heterocycles. The van der Waals surface area contributed by atoms with Gasteiger partial charge < -0.3 is 19.1 Å². The van der Waals surface area contributed by atoms with E-state index in [0.29, 0.717) is 36.9 Å². The van der Waals surface area contributed by atoms with Crippen LogP contribution < -0.4 is 14.2 Å². The molecule has 0 spiro atoms. The Balaban J connectivity index is 1.29. The molecule has 1 aromatic carbocycles. The number of hydrogen-bond donors (Lipinski definition) is 0. The van der Waals surface area contributed by atoms with Gasteiger partial charge in [-0.3, -0.25) is 9.69 Å². The van der Waals surface area contributed by atoms with E-state index in [-0.39, 0.29) is 12.7 Å². The van der Waals surface area contributed by atoms with E-state index >= 15 is 0 Å². The normalized spacial score (nSPS) is 17.8. The Bertz CT molecular complexity index is 816. The number of aromatic nitrogens is 2. The third-order valence-electron chi connectivity index (χ3n) is 4.81. The fraction of sp³-hybridized carbons (Fsp3) is 0.500. The Hall–Kier alpha value is -2.81. The van der Waals surface area contributed by atoms with Crippen LogP contribution >= 0.6 is 0 Å². The zero-order chi connectivity index (χ0) is 18.8. The van der Waals surface area contributed by atoms with Crippen LogP contribution in [0, 0.1) is 6.92 Å². The molecule has 2 aliphatic rings. The van der Waals surface area contributed by atoms with Crippen LogP contribution in [0.1, 0.15) is 18.3 Å². The Morgan fingerprint density at radius 3 is 2.70 bits per heavy atom. The van der Waals surface area contributed by atoms with Crippen LogP contribution in [0.2, 0.25) is 0 Å². The van der Waals surface area contributed by atoms with Crippen molar-refractivity contribution in [1.82, 2.24) is 20.1 Å². The average Bonchev–Trinajstić information content (AvgIpc) is 3.30. The number of aryl methyl sites for hydroxylation is 1. The van der Waals surface area contributed by atoms with Crippen molar-refractivity contribution in [2.24, 2.45) is 0 Å². The van der Waals surface area contributed by atoms with Crippen molar-refractivity contribution >= 4 is 5.91 Å². The van der Waals surface area contributed by atoms with Crippen molar-refractivity contribution in [1.29, 1.82) is 0 Å². The molecule has 27 heavy (non-hydrogen) atoms. The SMILES string of the molecule is Cc1nonc1CN1CCN(C(=O)C(C)Oc2ccc3c(c2)OCO3)CC1. The second-order valence-corrected chi connectivity index (χ2v) is 6.67. The van der Waals surface area contributed by atoms with Crippen molar-refractivity contribution < 1.29 is 23.6 Å². The van der Waals surface area contributed by atoms with Gasteiger partial charge in [0.15, 0.2) is 17.6 Å². The molecule has 0 N–H and O–H groups in total. The summed E-state index contributed by atoms with van der Waals surface area (Å²) < 4.78 is 21.2. The molecule has 1 amide bonds. The van der Waals surface area contributed by atoms with Crippen molar-refractivity contribution in [3.05, 3.63) is 29.6 Å². The number of benzene rings is 1. The summed E-state index contributed by atoms with van der Waals surface area (Å²) >= 11 is 0. The summed E-state index contributed by atoms with van der Waals surface area (Å²) in [6.07, 6.45) is -0.570. The lowest BCUT2D eigenvalue weighted by atomic mass is 10.2. The van der Waals surface area contributed by atoms with Crippen LogP contribution in [0.3, 0.4) is 0 Å². The second kappa shape index (κ2) is 7.43. The van der Waals surface area contributed by atoms with E-state index in [2.05, 4.69) is 15.2 Å². The highest BCUT2D eigenvalue weighted by atomic mass is 16.7. The van der Waals surface area contributed by atoms with Crippen LogP contribution in [-0.2, 0) is 11.3 Å². The summed E-state index contributed by atoms with van der Waals surface area (Å²) in [6.45, 7) is 7.38. The van der Waals surface area contributed by atoms with Gasteiger partial charge in [-0.15, -0.1) is 0 Å². The first kappa shape index (κ1) is 17.6. The third kappa shape index (κ3) is 3.82. The third-order valence-corrected chi connectivity index (χ3v) is 4.81. The summed E-state index contributed by atoms with van der Waals surface area (Å²) in [5.74, 6) is 1.90. The minimum absolute atomic E-state index is 0.0217. The molecule has 3 heterocycles. The average molecular weight is 374 g/mol. The molecule has 1 fully saturated rings. The molecule has 0 bridgehead atoms. The highest BCUT2D eigenvalue weighted by Gasteiger charge is 2.27. The predicted molar refractivity (Wildman–Crippen MR) is 93.5 cm³/mol. The van der Waals surface area contributed by atoms with Crippen molar-refractivity contribution in [3.8, 4) is 17.2 Å². The minimum Gasteiger partial charge on any atom is -0.481 e. The maximum absolute atomic E-state index is 12.7. The molecule has 0 aliphatic carbocycles. The van der Waals surface area contributed by atoms with E-state index in [1.165, 1.54) is 0 Å². The minimum atomic E-state index is -0.570. The number of amides is 1. The predicted octanol–water partition coefficient (Wildman–Crippen LogP) is 1.22. The molecule has 144 valence electrons. The maximum atomic E-state index is 12.7. The molecular formula is C18H22N4O5. The Labute approximate surface area is 156 Å². The molecule has 1 unspecified atom stereocenters. The summed E-state index contributed by atoms with van der Waals surface area (Å²) in [5.41, 5.74) is 1.65. The number of nitrogens with zero attached hydrogens (tertiary/aromatic N) is 4. The van der Waals surface area contributed by atoms with Crippen LogP contribution in [0.15, 0.2) is 22.8 Å². The van der Waals surface area contributed by atoms with Gasteiger partial charge in [0, 0.05) is 38.8 Å². The Kier molecular flexibility index (Phi) is 4.85. The molecule has 2 aliphatic heterocycles. The lowest BCUT2D eigenvalue weighted by Gasteiger charge is -2.35. The number of hydrogen-bond acceptors (Lipinski definition) is 8. The van der Waals surface area contributed by atoms with E-state index in [4.69, 9.17) is 18.8 Å². The van der Waals surface area contributed by atoms with Gasteiger partial charge in [0.05, 0.1) is 0 Å². The summed E-state index contributed by atoms with van der Waals surface area (Å²) in [6, 6.07) is 5.32. The fourth-order valence-electron chi connectivity index (χ4n) is 3.19. The Morgan fingerprint density at radius 1 is 1.19 bits per heavy atom. The quantitative estimate of drug-likeness (QED) is 0.772. The maximum Gasteiger partial charge on any atom is 0.263 e. The standard InChI is InChI=1S/C18H22N4O5/c1-12-15(20-27-19-12)10-21-5-7-22(8-6-21)18(23)13(2)26-14-3-4-16-17(9-14)25-11-24-16/h3-4,9,13H,5-8,10-11H2,1-2H3. The van der Waals surface area contributed by atoms with E-state index in [9.17, 15) is 4.79 Å². The molecule has 1 atom stereocenters. The summed E-state index contributed by atoms with van der Waals surface area (Å²) in [5, 5.41) is 7.72. The zero-order valence-electron chi connectivity index (χ0n) is 15.4. The van der Waals surface area contributed by atoms with Crippen molar-refractivity contribution in [2.75, 3.05) is 33.0 Å². The lowest BCUT2D eigenvalue weighted by molar-refractivity contribution is -0.139. The van der Waals surface area contributed by atoms with Crippen LogP contribution in [0.4, 0.5) is 0 Å². The molecule has 4 rings (SSSR count). The van der Waals surface area contributed by atoms with E-state index in [1.54, 1.807) is 25.1 Å². The number of carbonyl (C=O) groups excluding carboxylic acids is 1. The van der Waals surface area contributed by atoms with Gasteiger partial charge in [-0.2, -0.15) is 0 Å². The summed E-state index contributed by atoms with van der Waals surface area (Å²) in [7, 11) is 0. The largest absolute Gasteiger partial charge is 0.481 e. The van der Waals surface area contributed by atoms with Gasteiger partial charge in [0.2, 0.25) is 6.79 Å². The smallest absolute Gasteiger partial charge is 0.263 e. The number of piperazine rings is 1. The van der Waals surface area contributed by atoms with Gasteiger partial charge in [0.1, 0.15) is 17.1 Å². The first-order valence-corrected chi connectivity index (χ1v) is 8.95. The Morgan fingerprint density at radius 2 is 1.96 bits per heavy atom. The number of carbonyl (C=O) groups is 1. The van der Waals surface area contributed by atoms with E-state index in [1.807, 2.05) is 11.8 Å². The number of rotatable bonds is 5.